The number of amides is 1. The molecule has 2 fully saturated rings. The Morgan fingerprint density at radius 1 is 1.15 bits per heavy atom. The highest BCUT2D eigenvalue weighted by atomic mass is 35.5. The maximum absolute atomic E-state index is 13.2. The summed E-state index contributed by atoms with van der Waals surface area (Å²) in [6.45, 7) is 3.94. The lowest BCUT2D eigenvalue weighted by molar-refractivity contribution is -0.138. The minimum absolute atomic E-state index is 0.0743. The normalized spacial score (nSPS) is 22.6. The van der Waals surface area contributed by atoms with Gasteiger partial charge in [0.1, 0.15) is 6.10 Å². The van der Waals surface area contributed by atoms with E-state index < -0.39 is 17.8 Å². The number of hydrogen-bond acceptors (Lipinski definition) is 4. The Balaban J connectivity index is 1.54. The largest absolute Gasteiger partial charge is 0.474 e. The van der Waals surface area contributed by atoms with E-state index in [0.29, 0.717) is 49.2 Å². The van der Waals surface area contributed by atoms with Gasteiger partial charge in [-0.25, -0.2) is 4.98 Å². The maximum Gasteiger partial charge on any atom is 0.417 e. The molecule has 3 atom stereocenters. The number of alkyl halides is 3. The van der Waals surface area contributed by atoms with Gasteiger partial charge in [0.2, 0.25) is 11.8 Å². The molecule has 2 aromatic rings. The molecule has 10 heteroatoms. The third-order valence-electron chi connectivity index (χ3n) is 6.59. The lowest BCUT2D eigenvalue weighted by Crippen LogP contribution is -2.38. The van der Waals surface area contributed by atoms with Gasteiger partial charge >= 0.3 is 6.18 Å². The number of pyridine rings is 1. The van der Waals surface area contributed by atoms with Crippen molar-refractivity contribution < 1.29 is 27.4 Å². The Kier molecular flexibility index (Phi) is 7.60. The van der Waals surface area contributed by atoms with Crippen molar-refractivity contribution >= 4 is 29.1 Å². The fourth-order valence-electron chi connectivity index (χ4n) is 4.68. The molecule has 5 nitrogen and oxygen atoms in total. The number of rotatable bonds is 5. The van der Waals surface area contributed by atoms with Crippen LogP contribution >= 0.6 is 23.2 Å². The number of ether oxygens (including phenoxy) is 2. The molecule has 0 saturated carbocycles. The third-order valence-corrected chi connectivity index (χ3v) is 7.33. The summed E-state index contributed by atoms with van der Waals surface area (Å²) < 4.78 is 49.9. The molecule has 4 rings (SSSR count). The fourth-order valence-corrected chi connectivity index (χ4v) is 4.99. The number of carbonyl (C=O) groups excluding carboxylic acids is 1. The van der Waals surface area contributed by atoms with Gasteiger partial charge < -0.3 is 14.4 Å². The van der Waals surface area contributed by atoms with Crippen LogP contribution in [0.3, 0.4) is 0 Å². The van der Waals surface area contributed by atoms with E-state index in [4.69, 9.17) is 32.7 Å². The molecule has 0 bridgehead atoms. The van der Waals surface area contributed by atoms with E-state index in [1.165, 1.54) is 6.07 Å². The zero-order valence-electron chi connectivity index (χ0n) is 18.5. The topological polar surface area (TPSA) is 51.7 Å². The zero-order valence-corrected chi connectivity index (χ0v) is 20.0. The molecular formula is C24H25Cl2F3N2O3. The highest BCUT2D eigenvalue weighted by Gasteiger charge is 2.42. The SMILES string of the molecule is C[C@@H](Oc1ccc(C(F)(F)F)cn1)[C@@H]1CN(C(=O)C2CCOCC2)C[C@@H]1c1ccc(Cl)c(Cl)c1. The van der Waals surface area contributed by atoms with Crippen LogP contribution in [0.2, 0.25) is 10.0 Å². The molecular weight excluding hydrogens is 492 g/mol. The highest BCUT2D eigenvalue weighted by Crippen LogP contribution is 2.39. The van der Waals surface area contributed by atoms with Crippen molar-refractivity contribution in [3.05, 3.63) is 57.7 Å². The third kappa shape index (κ3) is 5.61. The first-order valence-corrected chi connectivity index (χ1v) is 11.9. The minimum atomic E-state index is -4.47. The van der Waals surface area contributed by atoms with Gasteiger partial charge in [-0.3, -0.25) is 4.79 Å². The van der Waals surface area contributed by atoms with Gasteiger partial charge in [-0.1, -0.05) is 29.3 Å². The molecule has 1 amide bonds. The summed E-state index contributed by atoms with van der Waals surface area (Å²) in [6.07, 6.45) is -2.74. The predicted molar refractivity (Wildman–Crippen MR) is 122 cm³/mol. The number of nitrogens with zero attached hydrogens (tertiary/aromatic N) is 2. The molecule has 2 saturated heterocycles. The van der Waals surface area contributed by atoms with Crippen molar-refractivity contribution in [2.24, 2.45) is 11.8 Å². The Labute approximate surface area is 206 Å². The van der Waals surface area contributed by atoms with Crippen molar-refractivity contribution in [1.29, 1.82) is 0 Å². The van der Waals surface area contributed by atoms with Crippen molar-refractivity contribution in [2.45, 2.75) is 38.0 Å². The van der Waals surface area contributed by atoms with Crippen LogP contribution in [0, 0.1) is 11.8 Å². The molecule has 3 heterocycles. The van der Waals surface area contributed by atoms with Gasteiger partial charge in [-0.2, -0.15) is 13.2 Å². The molecule has 0 N–H and O–H groups in total. The van der Waals surface area contributed by atoms with Crippen molar-refractivity contribution in [2.75, 3.05) is 26.3 Å². The second kappa shape index (κ2) is 10.3. The summed E-state index contributed by atoms with van der Waals surface area (Å²) in [5.74, 6) is -0.0822. The van der Waals surface area contributed by atoms with Crippen LogP contribution in [0.4, 0.5) is 13.2 Å². The lowest BCUT2D eigenvalue weighted by Gasteiger charge is -2.27. The Hall–Kier alpha value is -2.03. The second-order valence-electron chi connectivity index (χ2n) is 8.78. The van der Waals surface area contributed by atoms with Crippen LogP contribution in [0.1, 0.15) is 36.8 Å². The summed E-state index contributed by atoms with van der Waals surface area (Å²) >= 11 is 12.4. The molecule has 2 aliphatic rings. The Morgan fingerprint density at radius 3 is 2.50 bits per heavy atom. The fraction of sp³-hybridized carbons (Fsp3) is 0.500. The molecule has 0 aliphatic carbocycles. The number of carbonyl (C=O) groups is 1. The van der Waals surface area contributed by atoms with Crippen molar-refractivity contribution in [3.63, 3.8) is 0 Å². The number of halogens is 5. The summed E-state index contributed by atoms with van der Waals surface area (Å²) in [5.41, 5.74) is 0.0905. The minimum Gasteiger partial charge on any atom is -0.474 e. The Morgan fingerprint density at radius 2 is 1.88 bits per heavy atom. The molecule has 0 radical (unpaired) electrons. The van der Waals surface area contributed by atoms with Gasteiger partial charge in [0.25, 0.3) is 0 Å². The van der Waals surface area contributed by atoms with Gasteiger partial charge in [0.05, 0.1) is 15.6 Å². The van der Waals surface area contributed by atoms with Crippen LogP contribution < -0.4 is 4.74 Å². The Bertz CT molecular complexity index is 1010. The van der Waals surface area contributed by atoms with Crippen LogP contribution in [0.15, 0.2) is 36.5 Å². The molecule has 184 valence electrons. The van der Waals surface area contributed by atoms with Crippen molar-refractivity contribution in [3.8, 4) is 5.88 Å². The van der Waals surface area contributed by atoms with E-state index in [1.54, 1.807) is 12.1 Å². The van der Waals surface area contributed by atoms with E-state index >= 15 is 0 Å². The summed E-state index contributed by atoms with van der Waals surface area (Å²) in [6, 6.07) is 7.57. The molecule has 1 aromatic heterocycles. The second-order valence-corrected chi connectivity index (χ2v) is 9.59. The monoisotopic (exact) mass is 516 g/mol. The summed E-state index contributed by atoms with van der Waals surface area (Å²) in [5, 5.41) is 0.860. The molecule has 1 aromatic carbocycles. The van der Waals surface area contributed by atoms with Gasteiger partial charge in [0.15, 0.2) is 0 Å². The number of benzene rings is 1. The van der Waals surface area contributed by atoms with Crippen molar-refractivity contribution in [1.82, 2.24) is 9.88 Å². The van der Waals surface area contributed by atoms with E-state index in [2.05, 4.69) is 4.98 Å². The maximum atomic E-state index is 13.2. The standard InChI is InChI=1S/C24H25Cl2F3N2O3/c1-14(34-22-5-3-17(11-30-22)24(27,28)29)18-12-31(23(32)15-6-8-33-9-7-15)13-19(18)16-2-4-20(25)21(26)10-16/h2-5,10-11,14-15,18-19H,6-9,12-13H2,1H3/t14-,18+,19-/m1/s1. The van der Waals surface area contributed by atoms with E-state index in [-0.39, 0.29) is 29.5 Å². The average molecular weight is 517 g/mol. The number of likely N-dealkylation sites (tertiary alicyclic amines) is 1. The molecule has 0 spiro atoms. The van der Waals surface area contributed by atoms with Crippen LogP contribution in [0.25, 0.3) is 0 Å². The van der Waals surface area contributed by atoms with Crippen LogP contribution in [0.5, 0.6) is 5.88 Å². The predicted octanol–water partition coefficient (Wildman–Crippen LogP) is 5.84. The highest BCUT2D eigenvalue weighted by molar-refractivity contribution is 6.42. The first kappa shape index (κ1) is 25.1. The first-order chi connectivity index (χ1) is 16.1. The van der Waals surface area contributed by atoms with Gasteiger partial charge in [-0.15, -0.1) is 0 Å². The van der Waals surface area contributed by atoms with E-state index in [1.807, 2.05) is 17.9 Å². The molecule has 2 aliphatic heterocycles. The summed E-state index contributed by atoms with van der Waals surface area (Å²) in [7, 11) is 0. The van der Waals surface area contributed by atoms with Gasteiger partial charge in [0, 0.05) is 56.3 Å². The van der Waals surface area contributed by atoms with Gasteiger partial charge in [-0.05, 0) is 43.5 Å². The average Bonchev–Trinajstić information content (AvgIpc) is 3.26. The van der Waals surface area contributed by atoms with E-state index in [0.717, 1.165) is 17.8 Å². The van der Waals surface area contributed by atoms with E-state index in [9.17, 15) is 18.0 Å². The zero-order chi connectivity index (χ0) is 24.5. The lowest BCUT2D eigenvalue weighted by atomic mass is 9.86. The molecule has 34 heavy (non-hydrogen) atoms. The first-order valence-electron chi connectivity index (χ1n) is 11.1. The smallest absolute Gasteiger partial charge is 0.417 e. The van der Waals surface area contributed by atoms with Crippen LogP contribution in [-0.2, 0) is 15.7 Å². The summed E-state index contributed by atoms with van der Waals surface area (Å²) in [4.78, 5) is 18.9. The molecule has 0 unspecified atom stereocenters. The number of aromatic nitrogens is 1. The number of hydrogen-bond donors (Lipinski definition) is 0. The quantitative estimate of drug-likeness (QED) is 0.500. The van der Waals surface area contributed by atoms with Crippen LogP contribution in [-0.4, -0.2) is 48.2 Å².